The molecule has 1 N–H and O–H groups in total. The minimum atomic E-state index is -0.570. The van der Waals surface area contributed by atoms with E-state index in [1.54, 1.807) is 6.92 Å². The van der Waals surface area contributed by atoms with Crippen LogP contribution in [0.25, 0.3) is 0 Å². The largest absolute Gasteiger partial charge is 0.506 e. The third kappa shape index (κ3) is 9.66. The Labute approximate surface area is 179 Å². The lowest BCUT2D eigenvalue weighted by Gasteiger charge is -2.04. The molecule has 0 aromatic carbocycles. The summed E-state index contributed by atoms with van der Waals surface area (Å²) in [4.78, 5) is 24.9. The van der Waals surface area contributed by atoms with Gasteiger partial charge in [0.2, 0.25) is 0 Å². The Hall–Kier alpha value is -1.56. The van der Waals surface area contributed by atoms with Crippen molar-refractivity contribution >= 4 is 23.3 Å². The molecule has 0 bridgehead atoms. The van der Waals surface area contributed by atoms with Crippen molar-refractivity contribution in [3.63, 3.8) is 0 Å². The van der Waals surface area contributed by atoms with E-state index in [0.29, 0.717) is 18.8 Å². The maximum absolute atomic E-state index is 12.3. The number of ether oxygens (including phenoxy) is 2. The molecule has 0 amide bonds. The Balaban J connectivity index is 2.40. The third-order valence-electron chi connectivity index (χ3n) is 4.95. The van der Waals surface area contributed by atoms with E-state index in [1.165, 1.54) is 38.5 Å². The smallest absolute Gasteiger partial charge is 0.352 e. The molecule has 0 fully saturated rings. The van der Waals surface area contributed by atoms with Gasteiger partial charge in [-0.3, -0.25) is 0 Å². The molecule has 166 valence electrons. The highest BCUT2D eigenvalue weighted by Crippen LogP contribution is 2.35. The number of carbonyl (C=O) groups is 2. The molecule has 1 aromatic heterocycles. The molecule has 1 aromatic rings. The van der Waals surface area contributed by atoms with Gasteiger partial charge in [0.25, 0.3) is 0 Å². The molecule has 0 atom stereocenters. The molecule has 0 radical (unpaired) electrons. The second-order valence-corrected chi connectivity index (χ2v) is 8.56. The molecule has 29 heavy (non-hydrogen) atoms. The molecule has 5 nitrogen and oxygen atoms in total. The zero-order valence-electron chi connectivity index (χ0n) is 18.4. The Morgan fingerprint density at radius 1 is 0.724 bits per heavy atom. The van der Waals surface area contributed by atoms with E-state index in [-0.39, 0.29) is 15.5 Å². The zero-order valence-corrected chi connectivity index (χ0v) is 19.2. The van der Waals surface area contributed by atoms with Crippen LogP contribution in [0.2, 0.25) is 0 Å². The lowest BCUT2D eigenvalue weighted by atomic mass is 10.1. The number of thiophene rings is 1. The van der Waals surface area contributed by atoms with Crippen molar-refractivity contribution in [3.05, 3.63) is 15.3 Å². The summed E-state index contributed by atoms with van der Waals surface area (Å²) in [6.07, 6.45) is 13.3. The molecular formula is C23H38O5S. The predicted octanol–water partition coefficient (Wildman–Crippen LogP) is 6.80. The van der Waals surface area contributed by atoms with Gasteiger partial charge in [-0.2, -0.15) is 0 Å². The van der Waals surface area contributed by atoms with Crippen molar-refractivity contribution in [3.8, 4) is 5.75 Å². The van der Waals surface area contributed by atoms with Crippen LogP contribution in [0.5, 0.6) is 5.75 Å². The maximum atomic E-state index is 12.3. The van der Waals surface area contributed by atoms with Gasteiger partial charge >= 0.3 is 11.9 Å². The Kier molecular flexibility index (Phi) is 13.4. The highest BCUT2D eigenvalue weighted by atomic mass is 32.1. The SMILES string of the molecule is CCCCCCCCOC(=O)c1sc(C(=O)OCCCCCCCC)c(O)c1C. The molecule has 0 spiro atoms. The molecular weight excluding hydrogens is 388 g/mol. The summed E-state index contributed by atoms with van der Waals surface area (Å²) in [6.45, 7) is 6.67. The van der Waals surface area contributed by atoms with Gasteiger partial charge in [0.1, 0.15) is 10.6 Å². The highest BCUT2D eigenvalue weighted by molar-refractivity contribution is 7.16. The van der Waals surface area contributed by atoms with Crippen LogP contribution in [0, 0.1) is 6.92 Å². The minimum Gasteiger partial charge on any atom is -0.506 e. The Morgan fingerprint density at radius 2 is 1.14 bits per heavy atom. The number of esters is 2. The van der Waals surface area contributed by atoms with Gasteiger partial charge in [-0.15, -0.1) is 11.3 Å². The molecule has 1 heterocycles. The standard InChI is InChI=1S/C23H38O5S/c1-4-6-8-10-12-14-16-27-22(25)20-18(3)19(24)21(29-20)23(26)28-17-15-13-11-9-7-5-2/h24H,4-17H2,1-3H3. The molecule has 0 aliphatic rings. The second kappa shape index (κ2) is 15.3. The van der Waals surface area contributed by atoms with Gasteiger partial charge < -0.3 is 14.6 Å². The van der Waals surface area contributed by atoms with Crippen LogP contribution >= 0.6 is 11.3 Å². The first-order valence-corrected chi connectivity index (χ1v) is 12.0. The van der Waals surface area contributed by atoms with Gasteiger partial charge in [-0.25, -0.2) is 9.59 Å². The van der Waals surface area contributed by atoms with Gasteiger partial charge in [0.05, 0.1) is 13.2 Å². The fraction of sp³-hybridized carbons (Fsp3) is 0.739. The normalized spacial score (nSPS) is 10.9. The maximum Gasteiger partial charge on any atom is 0.352 e. The van der Waals surface area contributed by atoms with Gasteiger partial charge in [-0.1, -0.05) is 78.1 Å². The Bertz CT molecular complexity index is 558. The van der Waals surface area contributed by atoms with Gasteiger partial charge in [0.15, 0.2) is 4.88 Å². The summed E-state index contributed by atoms with van der Waals surface area (Å²) in [5.74, 6) is -1.22. The quantitative estimate of drug-likeness (QED) is 0.232. The molecule has 0 aliphatic carbocycles. The average molecular weight is 427 g/mol. The molecule has 0 aliphatic heterocycles. The van der Waals surface area contributed by atoms with Gasteiger partial charge in [0, 0.05) is 5.56 Å². The lowest BCUT2D eigenvalue weighted by molar-refractivity contribution is 0.0493. The van der Waals surface area contributed by atoms with E-state index in [0.717, 1.165) is 49.9 Å². The van der Waals surface area contributed by atoms with Crippen molar-refractivity contribution in [1.29, 1.82) is 0 Å². The molecule has 0 unspecified atom stereocenters. The summed E-state index contributed by atoms with van der Waals surface area (Å²) in [5.41, 5.74) is 0.384. The fourth-order valence-electron chi connectivity index (χ4n) is 3.06. The number of unbranched alkanes of at least 4 members (excludes halogenated alkanes) is 10. The summed E-state index contributed by atoms with van der Waals surface area (Å²) in [5, 5.41) is 10.2. The zero-order chi connectivity index (χ0) is 21.5. The van der Waals surface area contributed by atoms with E-state index in [1.807, 2.05) is 0 Å². The predicted molar refractivity (Wildman–Crippen MR) is 118 cm³/mol. The monoisotopic (exact) mass is 426 g/mol. The van der Waals surface area contributed by atoms with E-state index in [2.05, 4.69) is 13.8 Å². The second-order valence-electron chi connectivity index (χ2n) is 7.54. The van der Waals surface area contributed by atoms with Crippen molar-refractivity contribution in [2.45, 2.75) is 97.8 Å². The molecule has 6 heteroatoms. The van der Waals surface area contributed by atoms with Crippen LogP contribution in [-0.4, -0.2) is 30.3 Å². The number of hydrogen-bond acceptors (Lipinski definition) is 6. The van der Waals surface area contributed by atoms with Crippen LogP contribution in [0.15, 0.2) is 0 Å². The first-order valence-electron chi connectivity index (χ1n) is 11.2. The van der Waals surface area contributed by atoms with E-state index >= 15 is 0 Å². The summed E-state index contributed by atoms with van der Waals surface area (Å²) in [6, 6.07) is 0. The highest BCUT2D eigenvalue weighted by Gasteiger charge is 2.25. The third-order valence-corrected chi connectivity index (χ3v) is 6.19. The Morgan fingerprint density at radius 3 is 1.62 bits per heavy atom. The molecule has 0 saturated carbocycles. The number of hydrogen-bond donors (Lipinski definition) is 1. The van der Waals surface area contributed by atoms with E-state index in [9.17, 15) is 14.7 Å². The van der Waals surface area contributed by atoms with E-state index in [4.69, 9.17) is 9.47 Å². The van der Waals surface area contributed by atoms with Crippen LogP contribution in [-0.2, 0) is 9.47 Å². The van der Waals surface area contributed by atoms with Crippen LogP contribution < -0.4 is 0 Å². The van der Waals surface area contributed by atoms with Crippen molar-refractivity contribution in [1.82, 2.24) is 0 Å². The minimum absolute atomic E-state index is 0.0833. The average Bonchev–Trinajstić information content (AvgIpc) is 3.01. The topological polar surface area (TPSA) is 72.8 Å². The number of rotatable bonds is 16. The first kappa shape index (κ1) is 25.5. The van der Waals surface area contributed by atoms with Crippen LogP contribution in [0.1, 0.15) is 116 Å². The van der Waals surface area contributed by atoms with Crippen LogP contribution in [0.4, 0.5) is 0 Å². The summed E-state index contributed by atoms with van der Waals surface area (Å²) < 4.78 is 10.6. The van der Waals surface area contributed by atoms with Crippen LogP contribution in [0.3, 0.4) is 0 Å². The molecule has 1 rings (SSSR count). The fourth-order valence-corrected chi connectivity index (χ4v) is 4.05. The van der Waals surface area contributed by atoms with Gasteiger partial charge in [-0.05, 0) is 19.8 Å². The summed E-state index contributed by atoms with van der Waals surface area (Å²) in [7, 11) is 0. The van der Waals surface area contributed by atoms with Crippen molar-refractivity contribution in [2.75, 3.05) is 13.2 Å². The lowest BCUT2D eigenvalue weighted by Crippen LogP contribution is -2.06. The summed E-state index contributed by atoms with van der Waals surface area (Å²) >= 11 is 0.953. The van der Waals surface area contributed by atoms with E-state index < -0.39 is 11.9 Å². The first-order chi connectivity index (χ1) is 14.0. The number of aromatic hydroxyl groups is 1. The van der Waals surface area contributed by atoms with Crippen molar-refractivity contribution in [2.24, 2.45) is 0 Å². The van der Waals surface area contributed by atoms with Crippen molar-refractivity contribution < 1.29 is 24.2 Å². The molecule has 0 saturated heterocycles. The number of carbonyl (C=O) groups excluding carboxylic acids is 2.